The minimum Gasteiger partial charge on any atom is -0.490 e. The van der Waals surface area contributed by atoms with E-state index in [2.05, 4.69) is 65.6 Å². The summed E-state index contributed by atoms with van der Waals surface area (Å²) in [4.78, 5) is 20.7. The molecule has 8 nitrogen and oxygen atoms in total. The van der Waals surface area contributed by atoms with Crippen molar-refractivity contribution in [2.24, 2.45) is 0 Å². The summed E-state index contributed by atoms with van der Waals surface area (Å²) in [5.41, 5.74) is 8.42. The van der Waals surface area contributed by atoms with Gasteiger partial charge in [0.05, 0.1) is 41.4 Å². The third-order valence-corrected chi connectivity index (χ3v) is 9.14. The summed E-state index contributed by atoms with van der Waals surface area (Å²) in [6.07, 6.45) is 5.20. The van der Waals surface area contributed by atoms with E-state index in [1.54, 1.807) is 4.52 Å². The van der Waals surface area contributed by atoms with E-state index >= 15 is 0 Å². The number of aryl methyl sites for hydroxylation is 2. The van der Waals surface area contributed by atoms with Crippen molar-refractivity contribution in [3.05, 3.63) is 101 Å². The molecule has 4 heterocycles. The fraction of sp³-hybridized carbons (Fsp3) is 0.308. The Balaban J connectivity index is 1.53. The second-order valence-electron chi connectivity index (χ2n) is 13.3. The Bertz CT molecular complexity index is 2060. The molecule has 0 radical (unpaired) electrons. The molecular formula is C39H39ClN4O4. The van der Waals surface area contributed by atoms with Crippen LogP contribution < -0.4 is 9.64 Å². The van der Waals surface area contributed by atoms with Gasteiger partial charge in [0.15, 0.2) is 11.8 Å². The van der Waals surface area contributed by atoms with Crippen LogP contribution in [0.4, 0.5) is 5.69 Å². The van der Waals surface area contributed by atoms with Gasteiger partial charge < -0.3 is 19.1 Å². The van der Waals surface area contributed by atoms with Gasteiger partial charge in [-0.15, -0.1) is 0 Å². The van der Waals surface area contributed by atoms with Crippen molar-refractivity contribution in [2.45, 2.75) is 52.2 Å². The Morgan fingerprint density at radius 2 is 1.77 bits per heavy atom. The van der Waals surface area contributed by atoms with Crippen LogP contribution >= 0.6 is 11.6 Å². The Morgan fingerprint density at radius 3 is 2.56 bits per heavy atom. The van der Waals surface area contributed by atoms with E-state index in [0.717, 1.165) is 40.9 Å². The molecule has 8 bridgehead atoms. The molecule has 2 aliphatic rings. The van der Waals surface area contributed by atoms with Crippen molar-refractivity contribution >= 4 is 28.9 Å². The average molecular weight is 663 g/mol. The van der Waals surface area contributed by atoms with Crippen LogP contribution in [-0.4, -0.2) is 53.0 Å². The van der Waals surface area contributed by atoms with Crippen LogP contribution in [0.1, 0.15) is 50.1 Å². The Hall–Kier alpha value is -4.66. The zero-order valence-electron chi connectivity index (χ0n) is 27.9. The molecule has 1 atom stereocenters. The molecule has 0 saturated heterocycles. The van der Waals surface area contributed by atoms with Gasteiger partial charge in [-0.1, -0.05) is 66.2 Å². The normalized spacial score (nSPS) is 15.0. The highest BCUT2D eigenvalue weighted by Crippen LogP contribution is 2.47. The first kappa shape index (κ1) is 31.9. The number of carbonyl (C=O) groups is 1. The summed E-state index contributed by atoms with van der Waals surface area (Å²) in [6.45, 7) is 9.51. The lowest BCUT2D eigenvalue weighted by molar-refractivity contribution is -0.164. The van der Waals surface area contributed by atoms with Gasteiger partial charge in [-0.2, -0.15) is 5.10 Å². The number of methoxy groups -OCH3 is 1. The molecule has 0 aliphatic carbocycles. The van der Waals surface area contributed by atoms with E-state index in [9.17, 15) is 4.79 Å². The molecule has 0 amide bonds. The molecule has 2 aliphatic heterocycles. The largest absolute Gasteiger partial charge is 0.490 e. The van der Waals surface area contributed by atoms with E-state index < -0.39 is 17.7 Å². The number of benzene rings is 3. The van der Waals surface area contributed by atoms with Gasteiger partial charge in [-0.05, 0) is 75.4 Å². The summed E-state index contributed by atoms with van der Waals surface area (Å²) in [5, 5.41) is 5.65. The quantitative estimate of drug-likeness (QED) is 0.142. The molecule has 3 aromatic carbocycles. The number of anilines is 1. The molecular weight excluding hydrogens is 624 g/mol. The van der Waals surface area contributed by atoms with Crippen LogP contribution in [0, 0.1) is 6.92 Å². The molecule has 246 valence electrons. The third kappa shape index (κ3) is 6.06. The van der Waals surface area contributed by atoms with Crippen molar-refractivity contribution in [1.82, 2.24) is 14.6 Å². The molecule has 5 aromatic rings. The second kappa shape index (κ2) is 12.7. The number of aromatic nitrogens is 3. The molecule has 7 rings (SSSR count). The molecule has 48 heavy (non-hydrogen) atoms. The number of hydrogen-bond donors (Lipinski definition) is 0. The molecule has 9 heteroatoms. The van der Waals surface area contributed by atoms with E-state index in [1.807, 2.05) is 45.9 Å². The number of hydrogen-bond acceptors (Lipinski definition) is 7. The Labute approximate surface area is 285 Å². The molecule has 2 aromatic heterocycles. The highest BCUT2D eigenvalue weighted by molar-refractivity contribution is 6.36. The van der Waals surface area contributed by atoms with Gasteiger partial charge in [0.25, 0.3) is 0 Å². The summed E-state index contributed by atoms with van der Waals surface area (Å²) >= 11 is 7.42. The van der Waals surface area contributed by atoms with Crippen molar-refractivity contribution in [2.75, 3.05) is 31.7 Å². The lowest BCUT2D eigenvalue weighted by Crippen LogP contribution is -2.33. The number of halogens is 1. The average Bonchev–Trinajstić information content (AvgIpc) is 3.50. The predicted octanol–water partition coefficient (Wildman–Crippen LogP) is 8.42. The van der Waals surface area contributed by atoms with Gasteiger partial charge >= 0.3 is 5.97 Å². The number of fused-ring (bicyclic) bond motifs is 9. The number of rotatable bonds is 3. The van der Waals surface area contributed by atoms with E-state index in [0.29, 0.717) is 58.6 Å². The van der Waals surface area contributed by atoms with Crippen LogP contribution in [0.5, 0.6) is 5.75 Å². The van der Waals surface area contributed by atoms with Crippen LogP contribution in [0.2, 0.25) is 5.02 Å². The summed E-state index contributed by atoms with van der Waals surface area (Å²) < 4.78 is 19.6. The number of allylic oxidation sites excluding steroid dienone is 1. The van der Waals surface area contributed by atoms with E-state index in [4.69, 9.17) is 35.9 Å². The third-order valence-electron chi connectivity index (χ3n) is 8.76. The van der Waals surface area contributed by atoms with Gasteiger partial charge in [0, 0.05) is 35.0 Å². The van der Waals surface area contributed by atoms with Crippen molar-refractivity contribution in [3.63, 3.8) is 0 Å². The lowest BCUT2D eigenvalue weighted by atomic mass is 9.97. The standard InChI is InChI=1S/C39H39ClN4O4/c1-24-33(37(38(45)46-5)48-39(2,3)4)35-29-16-17-31-36(34(29)40)43(19-20-47-31)18-8-6-7-11-25-12-9-13-26(21-25)27-14-10-15-28(22-27)30-23-32(41-24)44(35)42-30/h6,8-10,12-17,21-23,37H,7,11,18-20H2,1-5H3/t37-/m0/s1. The van der Waals surface area contributed by atoms with Crippen LogP contribution in [-0.2, 0) is 20.7 Å². The van der Waals surface area contributed by atoms with Crippen molar-refractivity contribution in [3.8, 4) is 39.4 Å². The first-order valence-electron chi connectivity index (χ1n) is 16.3. The number of carbonyl (C=O) groups excluding carboxylic acids is 1. The SMILES string of the molecule is COC(=O)[C@@H](OC(C)(C)C)c1c(C)nc2cc3nn2c1-c1ccc2c(c1Cl)N(CC=CCCc1cccc(c1)-c1cccc-3c1)CCO2. The molecule has 0 N–H and O–H groups in total. The van der Waals surface area contributed by atoms with E-state index in [-0.39, 0.29) is 0 Å². The number of ether oxygens (including phenoxy) is 3. The van der Waals surface area contributed by atoms with Gasteiger partial charge in [0.1, 0.15) is 12.4 Å². The summed E-state index contributed by atoms with van der Waals surface area (Å²) in [7, 11) is 1.36. The van der Waals surface area contributed by atoms with Gasteiger partial charge in [-0.25, -0.2) is 14.3 Å². The van der Waals surface area contributed by atoms with Crippen LogP contribution in [0.25, 0.3) is 39.3 Å². The summed E-state index contributed by atoms with van der Waals surface area (Å²) in [5.74, 6) is 0.176. The van der Waals surface area contributed by atoms with Crippen LogP contribution in [0.3, 0.4) is 0 Å². The molecule has 0 unspecified atom stereocenters. The van der Waals surface area contributed by atoms with Gasteiger partial charge in [0.2, 0.25) is 0 Å². The number of nitrogens with zero attached hydrogens (tertiary/aromatic N) is 4. The Kier molecular flexibility index (Phi) is 8.48. The zero-order chi connectivity index (χ0) is 33.6. The maximum absolute atomic E-state index is 13.5. The minimum atomic E-state index is -1.09. The topological polar surface area (TPSA) is 78.2 Å². The maximum Gasteiger partial charge on any atom is 0.339 e. The minimum absolute atomic E-state index is 0.501. The molecule has 0 fully saturated rings. The maximum atomic E-state index is 13.5. The summed E-state index contributed by atoms with van der Waals surface area (Å²) in [6, 6.07) is 22.9. The fourth-order valence-electron chi connectivity index (χ4n) is 6.57. The monoisotopic (exact) mass is 662 g/mol. The van der Waals surface area contributed by atoms with Crippen LogP contribution in [0.15, 0.2) is 78.9 Å². The van der Waals surface area contributed by atoms with Gasteiger partial charge in [-0.3, -0.25) is 0 Å². The highest BCUT2D eigenvalue weighted by Gasteiger charge is 2.35. The van der Waals surface area contributed by atoms with E-state index in [1.165, 1.54) is 12.7 Å². The first-order chi connectivity index (χ1) is 23.1. The lowest BCUT2D eigenvalue weighted by Gasteiger charge is -2.32. The number of esters is 1. The molecule has 0 spiro atoms. The molecule has 0 saturated carbocycles. The van der Waals surface area contributed by atoms with Crippen molar-refractivity contribution < 1.29 is 19.0 Å². The first-order valence-corrected chi connectivity index (χ1v) is 16.7. The highest BCUT2D eigenvalue weighted by atomic mass is 35.5. The Morgan fingerprint density at radius 1 is 1.00 bits per heavy atom. The zero-order valence-corrected chi connectivity index (χ0v) is 28.7. The predicted molar refractivity (Wildman–Crippen MR) is 190 cm³/mol. The fourth-order valence-corrected chi connectivity index (χ4v) is 6.93. The smallest absolute Gasteiger partial charge is 0.339 e. The second-order valence-corrected chi connectivity index (χ2v) is 13.6. The van der Waals surface area contributed by atoms with Crippen molar-refractivity contribution in [1.29, 1.82) is 0 Å².